The van der Waals surface area contributed by atoms with Gasteiger partial charge >= 0.3 is 39.3 Å². The van der Waals surface area contributed by atoms with E-state index in [1.54, 1.807) is 26.0 Å². The van der Waals surface area contributed by atoms with Gasteiger partial charge < -0.3 is 78.4 Å². The molecule has 0 radical (unpaired) electrons. The van der Waals surface area contributed by atoms with Gasteiger partial charge in [-0.2, -0.15) is 17.0 Å². The van der Waals surface area contributed by atoms with E-state index >= 15 is 0 Å². The summed E-state index contributed by atoms with van der Waals surface area (Å²) in [5, 5.41) is 17.3. The molecule has 1 aliphatic carbocycles. The van der Waals surface area contributed by atoms with E-state index in [0.717, 1.165) is 10.8 Å². The molecule has 7 rings (SSSR count). The maximum absolute atomic E-state index is 14.3. The topological polar surface area (TPSA) is 617 Å². The van der Waals surface area contributed by atoms with Gasteiger partial charge in [-0.05, 0) is 79.4 Å². The van der Waals surface area contributed by atoms with E-state index in [1.807, 2.05) is 4.98 Å². The predicted octanol–water partition coefficient (Wildman–Crippen LogP) is 1.54. The van der Waals surface area contributed by atoms with E-state index in [0.29, 0.717) is 0 Å². The molecule has 42 nitrogen and oxygen atoms in total. The van der Waals surface area contributed by atoms with Crippen LogP contribution < -0.4 is 47.6 Å². The highest BCUT2D eigenvalue weighted by molar-refractivity contribution is 7.86. The number of amides is 4. The minimum Gasteiger partial charge on any atom is -0.744 e. The van der Waals surface area contributed by atoms with E-state index in [2.05, 4.69) is 71.3 Å². The van der Waals surface area contributed by atoms with E-state index in [9.17, 15) is 78.2 Å². The minimum atomic E-state index is -5.88. The number of azide groups is 2. The van der Waals surface area contributed by atoms with Crippen LogP contribution in [0.15, 0.2) is 113 Å². The average molecular weight is 1550 g/mol. The molecular formula is C57H67N14O28P3S2. The number of aromatic amines is 1. The van der Waals surface area contributed by atoms with Crippen molar-refractivity contribution in [2.45, 2.75) is 67.6 Å². The number of phosphoric acid groups is 3. The van der Waals surface area contributed by atoms with Crippen LogP contribution in [0.5, 0.6) is 5.75 Å². The molecule has 3 unspecified atom stereocenters. The molecule has 4 aromatic rings. The number of aromatic nitrogens is 2. The first-order valence-electron chi connectivity index (χ1n) is 30.5. The molecule has 2 aliphatic heterocycles. The molecule has 1 aromatic heterocycles. The number of H-pyrrole nitrogens is 1. The van der Waals surface area contributed by atoms with Crippen LogP contribution in [0.1, 0.15) is 65.6 Å². The summed E-state index contributed by atoms with van der Waals surface area (Å²) in [5.74, 6) is 2.47. The highest BCUT2D eigenvalue weighted by atomic mass is 32.2. The van der Waals surface area contributed by atoms with Crippen LogP contribution in [0, 0.1) is 11.8 Å². The third-order valence-electron chi connectivity index (χ3n) is 14.3. The Bertz CT molecular complexity index is 4920. The second kappa shape index (κ2) is 37.0. The van der Waals surface area contributed by atoms with Crippen molar-refractivity contribution >= 4 is 84.0 Å². The first-order valence-corrected chi connectivity index (χ1v) is 37.9. The number of carbonyl (C=O) groups excluding carboxylic acids is 4. The summed E-state index contributed by atoms with van der Waals surface area (Å²) in [6.45, 7) is 0.493. The number of nitrogens with zero attached hydrogens (tertiary/aromatic N) is 8. The highest BCUT2D eigenvalue weighted by Crippen LogP contribution is 2.66. The van der Waals surface area contributed by atoms with Crippen molar-refractivity contribution in [2.75, 3.05) is 91.4 Å². The lowest BCUT2D eigenvalue weighted by Gasteiger charge is -2.23. The number of nitrogens with one attached hydrogen (secondary N) is 6. The van der Waals surface area contributed by atoms with Gasteiger partial charge in [-0.15, -0.1) is 0 Å². The number of hydrogen-bond donors (Lipinski definition) is 11. The largest absolute Gasteiger partial charge is 0.744 e. The Hall–Kier alpha value is -9.24. The lowest BCUT2D eigenvalue weighted by molar-refractivity contribution is -0.498. The molecule has 4 amide bonds. The van der Waals surface area contributed by atoms with Crippen LogP contribution in [0.25, 0.3) is 54.3 Å². The summed E-state index contributed by atoms with van der Waals surface area (Å²) in [4.78, 5) is 125. The van der Waals surface area contributed by atoms with Crippen molar-refractivity contribution in [3.8, 4) is 40.0 Å². The van der Waals surface area contributed by atoms with Gasteiger partial charge in [0.25, 0.3) is 17.4 Å². The van der Waals surface area contributed by atoms with Crippen LogP contribution in [0.3, 0.4) is 0 Å². The number of phosphoric ester groups is 1. The Morgan fingerprint density at radius 1 is 0.913 bits per heavy atom. The van der Waals surface area contributed by atoms with Crippen molar-refractivity contribution in [2.24, 2.45) is 10.2 Å². The molecule has 47 heteroatoms. The molecule has 3 aromatic carbocycles. The van der Waals surface area contributed by atoms with Crippen molar-refractivity contribution in [3.05, 3.63) is 143 Å². The number of hydrogen-bond acceptors (Lipinski definition) is 26. The van der Waals surface area contributed by atoms with Gasteiger partial charge in [0.2, 0.25) is 22.1 Å². The Balaban J connectivity index is 0.837. The number of anilines is 1. The molecule has 3 aliphatic rings. The first-order chi connectivity index (χ1) is 49.2. The highest BCUT2D eigenvalue weighted by Gasteiger charge is 2.44. The van der Waals surface area contributed by atoms with Gasteiger partial charge in [-0.1, -0.05) is 46.3 Å². The Morgan fingerprint density at radius 3 is 2.37 bits per heavy atom. The normalized spacial score (nSPS) is 16.2. The number of carbonyl (C=O) groups is 4. The first kappa shape index (κ1) is 82.1. The Morgan fingerprint density at radius 2 is 1.66 bits per heavy atom. The molecule has 0 bridgehead atoms. The van der Waals surface area contributed by atoms with Crippen molar-refractivity contribution in [1.82, 2.24) is 30.4 Å². The van der Waals surface area contributed by atoms with Crippen molar-refractivity contribution in [3.63, 3.8) is 0 Å². The zero-order valence-electron chi connectivity index (χ0n) is 54.8. The van der Waals surface area contributed by atoms with Gasteiger partial charge in [-0.3, -0.25) is 42.6 Å². The molecular weight excluding hydrogens is 1490 g/mol. The second-order valence-electron chi connectivity index (χ2n) is 21.6. The summed E-state index contributed by atoms with van der Waals surface area (Å²) in [6.07, 6.45) is -4.42. The van der Waals surface area contributed by atoms with Gasteiger partial charge in [0.1, 0.15) is 65.1 Å². The lowest BCUT2D eigenvalue weighted by Crippen LogP contribution is -2.76. The van der Waals surface area contributed by atoms with E-state index in [4.69, 9.17) is 49.0 Å². The van der Waals surface area contributed by atoms with Crippen molar-refractivity contribution < 1.29 is 125 Å². The fourth-order valence-corrected chi connectivity index (χ4v) is 14.7. The number of ether oxygens (including phenoxy) is 5. The van der Waals surface area contributed by atoms with Gasteiger partial charge in [0, 0.05) is 95.8 Å². The summed E-state index contributed by atoms with van der Waals surface area (Å²) >= 11 is 0. The van der Waals surface area contributed by atoms with Crippen LogP contribution >= 0.6 is 23.5 Å². The van der Waals surface area contributed by atoms with Crippen LogP contribution in [0.4, 0.5) is 5.69 Å². The minimum absolute atomic E-state index is 0.00521. The third-order valence-corrected chi connectivity index (χ3v) is 20.0. The monoisotopic (exact) mass is 1550 g/mol. The van der Waals surface area contributed by atoms with E-state index < -0.39 is 144 Å². The molecule has 1 saturated heterocycles. The number of rotatable bonds is 37. The molecule has 3 heterocycles. The lowest BCUT2D eigenvalue weighted by atomic mass is 9.90. The maximum Gasteiger partial charge on any atom is 0.490 e. The smallest absolute Gasteiger partial charge is 0.490 e. The zero-order valence-corrected chi connectivity index (χ0v) is 59.1. The fraction of sp³-hybridized carbons (Fsp3) is 0.386. The molecule has 560 valence electrons. The summed E-state index contributed by atoms with van der Waals surface area (Å²) in [7, 11) is -26.2. The van der Waals surface area contributed by atoms with E-state index in [-0.39, 0.29) is 134 Å². The van der Waals surface area contributed by atoms with Gasteiger partial charge in [-0.25, -0.2) is 31.9 Å². The van der Waals surface area contributed by atoms with Gasteiger partial charge in [0.15, 0.2) is 17.6 Å². The fourth-order valence-electron chi connectivity index (χ4n) is 10.1. The van der Waals surface area contributed by atoms with E-state index in [1.165, 1.54) is 72.6 Å². The van der Waals surface area contributed by atoms with Crippen LogP contribution in [-0.2, 0) is 75.6 Å². The van der Waals surface area contributed by atoms with Gasteiger partial charge in [0.05, 0.1) is 38.2 Å². The van der Waals surface area contributed by atoms with Crippen molar-refractivity contribution in [1.29, 1.82) is 0 Å². The standard InChI is InChI=1S/C57H67N14O28P3S2/c1-4-60-41-19-17-39-49(40-18-20-42(61-5-2)53(104(88,89)90)51(40)97-50(39)52(41)103(85,86)87)37-14-6-7-15-38(37)56(76)70(3)24-10-16-45(72)63-22-23-64-54(74)34-11-8-13-36(27-34)93-32-47(67-69-59)92-26-25-91-31-46(73)62-21-9-12-35-29-71(57(77)66-55(35)75)48-28-43(94-33-65-68-58)44(96-48)30-95-101(81,82)99-102(83,84)98-100(78,79)80/h6-8,11,13-15,17-20,27,29,43-44,47-48,60H,4-5,10,16,21-26,28,30-33H2,1-3H3,(H,62,73)(H,63,72)(H,64,74)(H,81,82)(H,83,84)(H,66,75,77)(H2,78,79,80)(H,85,86,87)(H,88,89,90)/t43-,44+,47?,48+/m0/s1. The molecule has 0 spiro atoms. The zero-order chi connectivity index (χ0) is 76.2. The number of benzene rings is 4. The number of fused-ring (bicyclic) bond motifs is 2. The molecule has 1 fully saturated rings. The Labute approximate surface area is 588 Å². The van der Waals surface area contributed by atoms with Crippen LogP contribution in [-0.4, -0.2) is 188 Å². The molecule has 104 heavy (non-hydrogen) atoms. The molecule has 6 atom stereocenters. The quantitative estimate of drug-likeness (QED) is 0.00385. The second-order valence-corrected chi connectivity index (χ2v) is 28.7. The summed E-state index contributed by atoms with van der Waals surface area (Å²) in [5.41, 5.74) is 15.3. The summed E-state index contributed by atoms with van der Waals surface area (Å²) in [6, 6.07) is 17.7. The Kier molecular flexibility index (Phi) is 29.2. The maximum atomic E-state index is 14.3. The average Bonchev–Trinajstić information content (AvgIpc) is 0.829. The summed E-state index contributed by atoms with van der Waals surface area (Å²) < 4.78 is 157. The molecule has 11 N–H and O–H groups in total. The predicted molar refractivity (Wildman–Crippen MR) is 356 cm³/mol. The van der Waals surface area contributed by atoms with Crippen LogP contribution in [0.2, 0.25) is 0 Å². The SMILES string of the molecule is CCNc1ccc2c(-c3ccccc3C(=O)N(C)CCCC(=O)NCCNC(=O)c3cccc(OCC(N=[N+]=[N-])OCCOCC(=O)NCC#Cc4cn([C@H]5C[C@H](OCN=[N+]=[N-])[C@@H](COP(=O)(O)OP(=O)(O)OP(=O)(O)O)O5)c(=O)[nH]c4=O)c3)c3ccc(=[NH+]CC)c(S(=O)(=O)O)c-3oc2c1S(=O)(=O)[O-]. The third kappa shape index (κ3) is 23.4. The molecule has 0 saturated carbocycles.